The second-order valence-electron chi connectivity index (χ2n) is 5.66. The third kappa shape index (κ3) is 7.34. The van der Waals surface area contributed by atoms with Crippen LogP contribution in [0.2, 0.25) is 0 Å². The highest BCUT2D eigenvalue weighted by Crippen LogP contribution is 2.04. The maximum atomic E-state index is 3.29. The molecule has 1 nitrogen and oxygen atoms in total. The molecule has 110 valence electrons. The maximum absolute atomic E-state index is 3.29. The van der Waals surface area contributed by atoms with Crippen molar-refractivity contribution in [2.45, 2.75) is 78.7 Å². The second kappa shape index (κ2) is 10.5. The molecule has 0 spiro atoms. The molecule has 20 heavy (non-hydrogen) atoms. The van der Waals surface area contributed by atoms with Crippen molar-refractivity contribution < 1.29 is 4.57 Å². The van der Waals surface area contributed by atoms with Gasteiger partial charge in [-0.1, -0.05) is 19.8 Å². The minimum absolute atomic E-state index is 1.08. The van der Waals surface area contributed by atoms with E-state index in [1.807, 2.05) is 0 Å². The van der Waals surface area contributed by atoms with Crippen LogP contribution in [-0.2, 0) is 6.54 Å². The van der Waals surface area contributed by atoms with Gasteiger partial charge in [0.25, 0.3) is 0 Å². The van der Waals surface area contributed by atoms with E-state index in [0.717, 1.165) is 19.4 Å². The minimum atomic E-state index is 1.08. The van der Waals surface area contributed by atoms with Gasteiger partial charge in [-0.2, -0.15) is 0 Å². The lowest BCUT2D eigenvalue weighted by Crippen LogP contribution is -2.36. The SMILES string of the molecule is CCCCC#CCCCCCC[n+]1ccc(C)cc1C. The van der Waals surface area contributed by atoms with Crippen LogP contribution in [0.25, 0.3) is 0 Å². The molecule has 0 saturated carbocycles. The van der Waals surface area contributed by atoms with E-state index in [0.29, 0.717) is 0 Å². The minimum Gasteiger partial charge on any atom is -0.203 e. The van der Waals surface area contributed by atoms with Gasteiger partial charge in [0.2, 0.25) is 0 Å². The molecule has 1 heterocycles. The van der Waals surface area contributed by atoms with Gasteiger partial charge in [0.1, 0.15) is 6.54 Å². The number of pyridine rings is 1. The average Bonchev–Trinajstić information content (AvgIpc) is 2.43. The average molecular weight is 272 g/mol. The molecule has 0 bridgehead atoms. The quantitative estimate of drug-likeness (QED) is 0.366. The zero-order valence-electron chi connectivity index (χ0n) is 13.5. The van der Waals surface area contributed by atoms with Crippen molar-refractivity contribution in [1.29, 1.82) is 0 Å². The van der Waals surface area contributed by atoms with Crippen LogP contribution in [0, 0.1) is 25.7 Å². The van der Waals surface area contributed by atoms with Gasteiger partial charge in [0.15, 0.2) is 11.9 Å². The molecular weight excluding hydrogens is 242 g/mol. The molecule has 1 aromatic rings. The van der Waals surface area contributed by atoms with Crippen LogP contribution in [-0.4, -0.2) is 0 Å². The Balaban J connectivity index is 2.05. The summed E-state index contributed by atoms with van der Waals surface area (Å²) in [4.78, 5) is 0. The highest BCUT2D eigenvalue weighted by Gasteiger charge is 2.04. The van der Waals surface area contributed by atoms with Gasteiger partial charge in [-0.05, 0) is 31.7 Å². The van der Waals surface area contributed by atoms with Gasteiger partial charge in [-0.3, -0.25) is 0 Å². The largest absolute Gasteiger partial charge is 0.203 e. The smallest absolute Gasteiger partial charge is 0.178 e. The van der Waals surface area contributed by atoms with E-state index in [9.17, 15) is 0 Å². The van der Waals surface area contributed by atoms with E-state index in [1.54, 1.807) is 0 Å². The molecule has 0 atom stereocenters. The lowest BCUT2D eigenvalue weighted by Gasteiger charge is -2.01. The molecule has 0 aromatic carbocycles. The highest BCUT2D eigenvalue weighted by molar-refractivity contribution is 5.08. The summed E-state index contributed by atoms with van der Waals surface area (Å²) >= 11 is 0. The summed E-state index contributed by atoms with van der Waals surface area (Å²) < 4.78 is 2.36. The van der Waals surface area contributed by atoms with E-state index in [1.165, 1.54) is 49.8 Å². The summed E-state index contributed by atoms with van der Waals surface area (Å²) in [5, 5.41) is 0. The summed E-state index contributed by atoms with van der Waals surface area (Å²) in [6, 6.07) is 4.45. The molecule has 0 fully saturated rings. The van der Waals surface area contributed by atoms with E-state index in [-0.39, 0.29) is 0 Å². The Bertz CT molecular complexity index is 437. The highest BCUT2D eigenvalue weighted by atomic mass is 14.9. The van der Waals surface area contributed by atoms with Gasteiger partial charge in [0, 0.05) is 38.3 Å². The Hall–Kier alpha value is -1.29. The Morgan fingerprint density at radius 2 is 1.65 bits per heavy atom. The van der Waals surface area contributed by atoms with E-state index < -0.39 is 0 Å². The van der Waals surface area contributed by atoms with Crippen molar-refractivity contribution in [3.63, 3.8) is 0 Å². The molecule has 0 saturated heterocycles. The first-order chi connectivity index (χ1) is 9.74. The number of rotatable bonds is 8. The molecule has 0 radical (unpaired) electrons. The number of aryl methyl sites for hydroxylation is 3. The molecule has 1 aromatic heterocycles. The van der Waals surface area contributed by atoms with Gasteiger partial charge in [-0.15, -0.1) is 11.8 Å². The van der Waals surface area contributed by atoms with Gasteiger partial charge >= 0.3 is 0 Å². The van der Waals surface area contributed by atoms with Crippen molar-refractivity contribution in [2.75, 3.05) is 0 Å². The van der Waals surface area contributed by atoms with Crippen molar-refractivity contribution in [1.82, 2.24) is 0 Å². The molecule has 0 aliphatic carbocycles. The number of hydrogen-bond acceptors (Lipinski definition) is 0. The van der Waals surface area contributed by atoms with Crippen molar-refractivity contribution >= 4 is 0 Å². The summed E-state index contributed by atoms with van der Waals surface area (Å²) in [6.07, 6.45) is 12.1. The van der Waals surface area contributed by atoms with Crippen LogP contribution in [0.4, 0.5) is 0 Å². The number of aromatic nitrogens is 1. The molecule has 0 unspecified atom stereocenters. The summed E-state index contributed by atoms with van der Waals surface area (Å²) in [7, 11) is 0. The van der Waals surface area contributed by atoms with Gasteiger partial charge < -0.3 is 0 Å². The predicted molar refractivity (Wildman–Crippen MR) is 86.5 cm³/mol. The van der Waals surface area contributed by atoms with E-state index >= 15 is 0 Å². The number of hydrogen-bond donors (Lipinski definition) is 0. The molecule has 0 amide bonds. The van der Waals surface area contributed by atoms with Crippen molar-refractivity contribution in [2.24, 2.45) is 0 Å². The standard InChI is InChI=1S/C19H30N/c1-4-5-6-7-8-9-10-11-12-13-15-20-16-14-18(2)17-19(20)3/h14,16-17H,4-6,9-13,15H2,1-3H3/q+1. The van der Waals surface area contributed by atoms with Crippen LogP contribution in [0.3, 0.4) is 0 Å². The zero-order chi connectivity index (χ0) is 14.6. The van der Waals surface area contributed by atoms with Gasteiger partial charge in [0.05, 0.1) is 0 Å². The molecular formula is C19H30N+. The third-order valence-electron chi connectivity index (χ3n) is 3.64. The molecule has 1 rings (SSSR count). The van der Waals surface area contributed by atoms with Crippen LogP contribution in [0.1, 0.15) is 69.5 Å². The second-order valence-corrected chi connectivity index (χ2v) is 5.66. The first-order valence-electron chi connectivity index (χ1n) is 8.16. The molecule has 0 N–H and O–H groups in total. The van der Waals surface area contributed by atoms with Crippen molar-refractivity contribution in [3.8, 4) is 11.8 Å². The normalized spacial score (nSPS) is 10.2. The van der Waals surface area contributed by atoms with E-state index in [2.05, 4.69) is 55.5 Å². The molecule has 0 aliphatic heterocycles. The Kier molecular flexibility index (Phi) is 8.79. The first kappa shape index (κ1) is 16.8. The Morgan fingerprint density at radius 1 is 0.950 bits per heavy atom. The fourth-order valence-corrected chi connectivity index (χ4v) is 2.33. The van der Waals surface area contributed by atoms with Crippen molar-refractivity contribution in [3.05, 3.63) is 29.6 Å². The third-order valence-corrected chi connectivity index (χ3v) is 3.64. The zero-order valence-corrected chi connectivity index (χ0v) is 13.5. The van der Waals surface area contributed by atoms with Crippen LogP contribution < -0.4 is 4.57 Å². The number of unbranched alkanes of at least 4 members (excludes halogenated alkanes) is 6. The van der Waals surface area contributed by atoms with Crippen LogP contribution in [0.5, 0.6) is 0 Å². The fraction of sp³-hybridized carbons (Fsp3) is 0.632. The maximum Gasteiger partial charge on any atom is 0.178 e. The number of nitrogens with zero attached hydrogens (tertiary/aromatic N) is 1. The van der Waals surface area contributed by atoms with Crippen LogP contribution in [0.15, 0.2) is 18.3 Å². The first-order valence-corrected chi connectivity index (χ1v) is 8.16. The summed E-state index contributed by atoms with van der Waals surface area (Å²) in [5.41, 5.74) is 2.71. The lowest BCUT2D eigenvalue weighted by molar-refractivity contribution is -0.703. The van der Waals surface area contributed by atoms with Crippen LogP contribution >= 0.6 is 0 Å². The fourth-order valence-electron chi connectivity index (χ4n) is 2.33. The lowest BCUT2D eigenvalue weighted by atomic mass is 10.1. The predicted octanol–water partition coefficient (Wildman–Crippen LogP) is 4.74. The topological polar surface area (TPSA) is 3.88 Å². The molecule has 1 heteroatoms. The Labute approximate surface area is 125 Å². The summed E-state index contributed by atoms with van der Waals surface area (Å²) in [6.45, 7) is 7.71. The molecule has 0 aliphatic rings. The van der Waals surface area contributed by atoms with E-state index in [4.69, 9.17) is 0 Å². The Morgan fingerprint density at radius 3 is 2.35 bits per heavy atom. The summed E-state index contributed by atoms with van der Waals surface area (Å²) in [5.74, 6) is 6.55. The van der Waals surface area contributed by atoms with Gasteiger partial charge in [-0.25, -0.2) is 4.57 Å². The monoisotopic (exact) mass is 272 g/mol.